The third-order valence-electron chi connectivity index (χ3n) is 4.11. The minimum atomic E-state index is -0.579. The highest BCUT2D eigenvalue weighted by Crippen LogP contribution is 2.23. The zero-order valence-electron chi connectivity index (χ0n) is 13.9. The Labute approximate surface area is 149 Å². The van der Waals surface area contributed by atoms with Crippen molar-refractivity contribution in [3.05, 3.63) is 70.8 Å². The van der Waals surface area contributed by atoms with Gasteiger partial charge in [0.15, 0.2) is 0 Å². The van der Waals surface area contributed by atoms with Gasteiger partial charge in [-0.15, -0.1) is 0 Å². The van der Waals surface area contributed by atoms with E-state index in [9.17, 15) is 18.8 Å². The van der Waals surface area contributed by atoms with Crippen LogP contribution in [0.5, 0.6) is 0 Å². The average Bonchev–Trinajstić information content (AvgIpc) is 2.67. The fraction of sp³-hybridized carbons (Fsp3) is 0.200. The monoisotopic (exact) mass is 354 g/mol. The molecular weight excluding hydrogens is 338 g/mol. The van der Waals surface area contributed by atoms with Crippen molar-refractivity contribution in [2.24, 2.45) is 0 Å². The van der Waals surface area contributed by atoms with Gasteiger partial charge in [0.1, 0.15) is 23.3 Å². The third kappa shape index (κ3) is 3.95. The second kappa shape index (κ2) is 7.89. The molecule has 0 amide bonds. The maximum atomic E-state index is 14.5. The molecule has 0 spiro atoms. The summed E-state index contributed by atoms with van der Waals surface area (Å²) in [6.45, 7) is 2.22. The molecule has 26 heavy (non-hydrogen) atoms. The fourth-order valence-corrected chi connectivity index (χ4v) is 2.74. The molecule has 0 unspecified atom stereocenters. The van der Waals surface area contributed by atoms with Crippen LogP contribution in [0, 0.1) is 23.0 Å². The van der Waals surface area contributed by atoms with Crippen LogP contribution in [0.15, 0.2) is 48.0 Å². The summed E-state index contributed by atoms with van der Waals surface area (Å²) in [4.78, 5) is 14.4. The number of ether oxygens (including phenoxy) is 1. The predicted octanol–water partition coefficient (Wildman–Crippen LogP) is 3.59. The van der Waals surface area contributed by atoms with E-state index in [1.807, 2.05) is 11.0 Å². The number of allylic oxidation sites excluding steroid dienone is 1. The van der Waals surface area contributed by atoms with Gasteiger partial charge in [0.05, 0.1) is 18.9 Å². The van der Waals surface area contributed by atoms with E-state index in [1.54, 1.807) is 6.07 Å². The number of Topliss-reactive ketones (excluding diaryl/α,β-unsaturated/α-hetero) is 1. The number of ketones is 1. The molecule has 4 nitrogen and oxygen atoms in total. The molecule has 2 aromatic carbocycles. The van der Waals surface area contributed by atoms with Gasteiger partial charge in [-0.25, -0.2) is 8.78 Å². The molecule has 0 aromatic heterocycles. The quantitative estimate of drug-likeness (QED) is 0.478. The van der Waals surface area contributed by atoms with Gasteiger partial charge in [-0.3, -0.25) is 4.79 Å². The summed E-state index contributed by atoms with van der Waals surface area (Å²) in [7, 11) is 0. The van der Waals surface area contributed by atoms with Gasteiger partial charge in [0.25, 0.3) is 0 Å². The maximum absolute atomic E-state index is 14.5. The summed E-state index contributed by atoms with van der Waals surface area (Å²) in [5, 5.41) is 9.27. The van der Waals surface area contributed by atoms with Gasteiger partial charge >= 0.3 is 0 Å². The van der Waals surface area contributed by atoms with Crippen molar-refractivity contribution in [2.75, 3.05) is 31.2 Å². The lowest BCUT2D eigenvalue weighted by molar-refractivity contribution is 0.103. The molecule has 1 aliphatic heterocycles. The Morgan fingerprint density at radius 1 is 1.12 bits per heavy atom. The first-order chi connectivity index (χ1) is 12.6. The Hall–Kier alpha value is -3.04. The van der Waals surface area contributed by atoms with Crippen LogP contribution in [-0.2, 0) is 4.74 Å². The summed E-state index contributed by atoms with van der Waals surface area (Å²) in [5.41, 5.74) is 0.872. The Morgan fingerprint density at radius 2 is 1.81 bits per heavy atom. The Balaban J connectivity index is 1.85. The number of nitriles is 1. The summed E-state index contributed by atoms with van der Waals surface area (Å²) >= 11 is 0. The second-order valence-corrected chi connectivity index (χ2v) is 5.82. The lowest BCUT2D eigenvalue weighted by atomic mass is 10.0. The van der Waals surface area contributed by atoms with Crippen LogP contribution in [0.25, 0.3) is 6.08 Å². The molecule has 1 fully saturated rings. The van der Waals surface area contributed by atoms with Gasteiger partial charge in [-0.05, 0) is 42.0 Å². The van der Waals surface area contributed by atoms with E-state index >= 15 is 0 Å². The van der Waals surface area contributed by atoms with Crippen LogP contribution >= 0.6 is 0 Å². The number of benzene rings is 2. The highest BCUT2D eigenvalue weighted by molar-refractivity contribution is 6.14. The minimum Gasteiger partial charge on any atom is -0.378 e. The molecule has 0 N–H and O–H groups in total. The molecule has 0 saturated carbocycles. The summed E-state index contributed by atoms with van der Waals surface area (Å²) in [6.07, 6.45) is 1.36. The maximum Gasteiger partial charge on any atom is 0.203 e. The molecule has 0 bridgehead atoms. The van der Waals surface area contributed by atoms with Crippen molar-refractivity contribution in [3.8, 4) is 6.07 Å². The fourth-order valence-electron chi connectivity index (χ4n) is 2.74. The number of nitrogens with zero attached hydrogens (tertiary/aromatic N) is 2. The van der Waals surface area contributed by atoms with E-state index in [4.69, 9.17) is 4.74 Å². The van der Waals surface area contributed by atoms with E-state index in [0.717, 1.165) is 6.07 Å². The van der Waals surface area contributed by atoms with Crippen molar-refractivity contribution in [3.63, 3.8) is 0 Å². The number of halogens is 2. The zero-order valence-corrected chi connectivity index (χ0v) is 13.9. The number of carbonyl (C=O) groups excluding carboxylic acids is 1. The summed E-state index contributed by atoms with van der Waals surface area (Å²) in [5.74, 6) is -1.51. The number of hydrogen-bond acceptors (Lipinski definition) is 4. The van der Waals surface area contributed by atoms with Gasteiger partial charge < -0.3 is 9.64 Å². The van der Waals surface area contributed by atoms with Crippen LogP contribution < -0.4 is 4.90 Å². The molecule has 3 rings (SSSR count). The number of morpholine rings is 1. The summed E-state index contributed by atoms with van der Waals surface area (Å²) < 4.78 is 32.7. The lowest BCUT2D eigenvalue weighted by Gasteiger charge is -2.29. The topological polar surface area (TPSA) is 53.3 Å². The Kier molecular flexibility index (Phi) is 5.40. The number of hydrogen-bond donors (Lipinski definition) is 0. The standard InChI is InChI=1S/C20H16F2N2O2/c21-17-4-1-14(2-5-17)11-16(13-23)20(25)15-3-6-19(18(22)12-15)24-7-9-26-10-8-24/h1-6,11-12H,7-10H2/b16-11-. The van der Waals surface area contributed by atoms with Crippen molar-refractivity contribution >= 4 is 17.5 Å². The molecular formula is C20H16F2N2O2. The van der Waals surface area contributed by atoms with Gasteiger partial charge in [0, 0.05) is 18.7 Å². The molecule has 0 aliphatic carbocycles. The van der Waals surface area contributed by atoms with Gasteiger partial charge in [0.2, 0.25) is 5.78 Å². The van der Waals surface area contributed by atoms with E-state index in [0.29, 0.717) is 37.6 Å². The molecule has 2 aromatic rings. The van der Waals surface area contributed by atoms with Crippen LogP contribution in [0.4, 0.5) is 14.5 Å². The van der Waals surface area contributed by atoms with E-state index in [1.165, 1.54) is 36.4 Å². The first-order valence-electron chi connectivity index (χ1n) is 8.13. The smallest absolute Gasteiger partial charge is 0.203 e. The molecule has 6 heteroatoms. The van der Waals surface area contributed by atoms with Crippen molar-refractivity contribution in [2.45, 2.75) is 0 Å². The number of carbonyl (C=O) groups is 1. The van der Waals surface area contributed by atoms with Crippen molar-refractivity contribution in [1.29, 1.82) is 5.26 Å². The zero-order chi connectivity index (χ0) is 18.5. The normalized spacial score (nSPS) is 14.8. The Bertz CT molecular complexity index is 880. The number of anilines is 1. The first-order valence-corrected chi connectivity index (χ1v) is 8.13. The first kappa shape index (κ1) is 17.8. The molecule has 1 heterocycles. The molecule has 1 aliphatic rings. The Morgan fingerprint density at radius 3 is 2.42 bits per heavy atom. The minimum absolute atomic E-state index is 0.0921. The van der Waals surface area contributed by atoms with Crippen LogP contribution in [0.3, 0.4) is 0 Å². The molecule has 132 valence electrons. The van der Waals surface area contributed by atoms with Gasteiger partial charge in [-0.2, -0.15) is 5.26 Å². The highest BCUT2D eigenvalue weighted by Gasteiger charge is 2.18. The van der Waals surface area contributed by atoms with E-state index < -0.39 is 17.4 Å². The summed E-state index contributed by atoms with van der Waals surface area (Å²) in [6, 6.07) is 11.4. The van der Waals surface area contributed by atoms with Crippen molar-refractivity contribution in [1.82, 2.24) is 0 Å². The van der Waals surface area contributed by atoms with Gasteiger partial charge in [-0.1, -0.05) is 12.1 Å². The largest absolute Gasteiger partial charge is 0.378 e. The highest BCUT2D eigenvalue weighted by atomic mass is 19.1. The third-order valence-corrected chi connectivity index (χ3v) is 4.11. The SMILES string of the molecule is N#C/C(=C/c1ccc(F)cc1)C(=O)c1ccc(N2CCOCC2)c(F)c1. The predicted molar refractivity (Wildman–Crippen MR) is 93.8 cm³/mol. The van der Waals surface area contributed by atoms with Crippen LogP contribution in [-0.4, -0.2) is 32.1 Å². The molecule has 0 radical (unpaired) electrons. The molecule has 0 atom stereocenters. The van der Waals surface area contributed by atoms with Crippen LogP contribution in [0.2, 0.25) is 0 Å². The number of rotatable bonds is 4. The average molecular weight is 354 g/mol. The lowest BCUT2D eigenvalue weighted by Crippen LogP contribution is -2.36. The van der Waals surface area contributed by atoms with E-state index in [2.05, 4.69) is 0 Å². The molecule has 1 saturated heterocycles. The second-order valence-electron chi connectivity index (χ2n) is 5.82. The van der Waals surface area contributed by atoms with Crippen LogP contribution in [0.1, 0.15) is 15.9 Å². The van der Waals surface area contributed by atoms with Crippen molar-refractivity contribution < 1.29 is 18.3 Å². The van der Waals surface area contributed by atoms with E-state index in [-0.39, 0.29) is 11.1 Å².